The minimum absolute atomic E-state index is 0.887. The maximum atomic E-state index is 4.24. The minimum Gasteiger partial charge on any atom is -0.309 e. The van der Waals surface area contributed by atoms with Gasteiger partial charge in [-0.25, -0.2) is 0 Å². The van der Waals surface area contributed by atoms with Gasteiger partial charge in [-0.05, 0) is 26.1 Å². The van der Waals surface area contributed by atoms with Crippen LogP contribution >= 0.6 is 0 Å². The molecule has 0 spiro atoms. The van der Waals surface area contributed by atoms with Crippen LogP contribution in [0.1, 0.15) is 13.3 Å². The van der Waals surface area contributed by atoms with Crippen molar-refractivity contribution in [2.24, 2.45) is 5.11 Å². The van der Waals surface area contributed by atoms with Gasteiger partial charge in [0.05, 0.1) is 6.54 Å². The monoisotopic (exact) mass is 158 g/mol. The van der Waals surface area contributed by atoms with Gasteiger partial charge in [0.1, 0.15) is 0 Å². The number of hydrogen-bond donors (Lipinski definition) is 0. The number of azo groups is 2. The highest BCUT2D eigenvalue weighted by molar-refractivity contribution is 4.40. The predicted octanol–water partition coefficient (Wildman–Crippen LogP) is 1.05. The summed E-state index contributed by atoms with van der Waals surface area (Å²) >= 11 is 0. The molecule has 0 aliphatic heterocycles. The second kappa shape index (κ2) is 6.28. The van der Waals surface area contributed by atoms with E-state index in [4.69, 9.17) is 0 Å². The van der Waals surface area contributed by atoms with Crippen LogP contribution in [-0.2, 0) is 0 Å². The molecule has 0 N–H and O–H groups in total. The van der Waals surface area contributed by atoms with E-state index in [0.717, 1.165) is 19.6 Å². The Kier molecular flexibility index (Phi) is 6.03. The van der Waals surface area contributed by atoms with Crippen LogP contribution < -0.4 is 0 Å². The summed E-state index contributed by atoms with van der Waals surface area (Å²) < 4.78 is 2.02. The molecule has 0 fully saturated rings. The summed E-state index contributed by atoms with van der Waals surface area (Å²) in [5.41, 5.74) is 0. The summed E-state index contributed by atoms with van der Waals surface area (Å²) in [5, 5.41) is 4.24. The lowest BCUT2D eigenvalue weighted by Gasteiger charge is -2.05. The molecule has 0 rings (SSSR count). The Morgan fingerprint density at radius 2 is 2.00 bits per heavy atom. The molecule has 0 unspecified atom stereocenters. The molecule has 0 aliphatic rings. The van der Waals surface area contributed by atoms with Crippen molar-refractivity contribution in [3.63, 3.8) is 0 Å². The first-order valence-corrected chi connectivity index (χ1v) is 4.20. The van der Waals surface area contributed by atoms with E-state index >= 15 is 0 Å². The Hall–Kier alpha value is -0.440. The third-order valence-corrected chi connectivity index (χ3v) is 1.47. The molecule has 3 heteroatoms. The van der Waals surface area contributed by atoms with Crippen LogP contribution in [0.2, 0.25) is 0 Å². The minimum atomic E-state index is 0.887. The lowest BCUT2D eigenvalue weighted by Crippen LogP contribution is -2.17. The van der Waals surface area contributed by atoms with E-state index in [9.17, 15) is 0 Å². The van der Waals surface area contributed by atoms with Gasteiger partial charge in [-0.2, -0.15) is 0 Å². The largest absolute Gasteiger partial charge is 0.309 e. The second-order valence-electron chi connectivity index (χ2n) is 3.00. The van der Waals surface area contributed by atoms with Gasteiger partial charge in [-0.1, -0.05) is 0 Å². The van der Waals surface area contributed by atoms with E-state index < -0.39 is 0 Å². The van der Waals surface area contributed by atoms with Crippen molar-refractivity contribution >= 4 is 0 Å². The van der Waals surface area contributed by atoms with Gasteiger partial charge in [0.25, 0.3) is 0 Å². The van der Waals surface area contributed by atoms with Gasteiger partial charge in [0.2, 0.25) is 0 Å². The Bertz CT molecular complexity index is 119. The van der Waals surface area contributed by atoms with E-state index in [-0.39, 0.29) is 0 Å². The van der Waals surface area contributed by atoms with Crippen LogP contribution in [0.3, 0.4) is 0 Å². The zero-order chi connectivity index (χ0) is 8.69. The highest BCUT2D eigenvalue weighted by Gasteiger charge is 1.97. The van der Waals surface area contributed by atoms with Gasteiger partial charge >= 0.3 is 0 Å². The second-order valence-corrected chi connectivity index (χ2v) is 3.00. The van der Waals surface area contributed by atoms with Crippen LogP contribution in [0.5, 0.6) is 0 Å². The van der Waals surface area contributed by atoms with Gasteiger partial charge in [-0.15, -0.1) is 4.70 Å². The Morgan fingerprint density at radius 1 is 1.36 bits per heavy atom. The van der Waals surface area contributed by atoms with E-state index in [1.807, 2.05) is 11.7 Å². The fourth-order valence-corrected chi connectivity index (χ4v) is 0.928. The SMILES string of the molecule is CCN=[N+](C)CCCN(C)C. The van der Waals surface area contributed by atoms with Crippen LogP contribution in [0, 0.1) is 0 Å². The van der Waals surface area contributed by atoms with Crippen LogP contribution in [-0.4, -0.2) is 50.4 Å². The molecule has 0 heterocycles. The van der Waals surface area contributed by atoms with Crippen molar-refractivity contribution in [3.8, 4) is 0 Å². The Labute approximate surface area is 69.7 Å². The summed E-state index contributed by atoms with van der Waals surface area (Å²) in [6.45, 7) is 5.15. The maximum Gasteiger partial charge on any atom is 0.169 e. The quantitative estimate of drug-likeness (QED) is 0.432. The zero-order valence-corrected chi connectivity index (χ0v) is 8.17. The maximum absolute atomic E-state index is 4.24. The van der Waals surface area contributed by atoms with Crippen molar-refractivity contribution in [3.05, 3.63) is 0 Å². The molecule has 0 aromatic heterocycles. The third-order valence-electron chi connectivity index (χ3n) is 1.47. The first-order chi connectivity index (χ1) is 5.16. The average Bonchev–Trinajstić information content (AvgIpc) is 1.87. The number of rotatable bonds is 5. The fraction of sp³-hybridized carbons (Fsp3) is 1.00. The van der Waals surface area contributed by atoms with Gasteiger partial charge in [0, 0.05) is 13.0 Å². The molecule has 0 atom stereocenters. The molecule has 11 heavy (non-hydrogen) atoms. The molecular formula is C8H20N3+. The Morgan fingerprint density at radius 3 is 2.45 bits per heavy atom. The molecule has 0 aromatic rings. The standard InChI is InChI=1S/C8H20N3/c1-5-9-11(4)8-6-7-10(2)3/h5-8H2,1-4H3/q+1. The van der Waals surface area contributed by atoms with E-state index in [1.165, 1.54) is 6.42 Å². The van der Waals surface area contributed by atoms with Gasteiger partial charge in [-0.3, -0.25) is 0 Å². The molecule has 66 valence electrons. The highest BCUT2D eigenvalue weighted by Crippen LogP contribution is 1.84. The highest BCUT2D eigenvalue weighted by atomic mass is 15.2. The first kappa shape index (κ1) is 10.6. The van der Waals surface area contributed by atoms with Crippen LogP contribution in [0.4, 0.5) is 0 Å². The number of nitrogens with zero attached hydrogens (tertiary/aromatic N) is 3. The van der Waals surface area contributed by atoms with E-state index in [0.29, 0.717) is 0 Å². The summed E-state index contributed by atoms with van der Waals surface area (Å²) in [6, 6.07) is 0. The van der Waals surface area contributed by atoms with Crippen molar-refractivity contribution in [1.82, 2.24) is 4.90 Å². The topological polar surface area (TPSA) is 18.6 Å². The third kappa shape index (κ3) is 7.46. The first-order valence-electron chi connectivity index (χ1n) is 4.20. The summed E-state index contributed by atoms with van der Waals surface area (Å²) in [5.74, 6) is 0. The zero-order valence-electron chi connectivity index (χ0n) is 8.17. The Balaban J connectivity index is 3.31. The predicted molar refractivity (Wildman–Crippen MR) is 47.2 cm³/mol. The average molecular weight is 158 g/mol. The van der Waals surface area contributed by atoms with Crippen molar-refractivity contribution in [2.75, 3.05) is 40.8 Å². The molecule has 0 aliphatic carbocycles. The van der Waals surface area contributed by atoms with Gasteiger partial charge < -0.3 is 4.90 Å². The normalized spacial score (nSPS) is 12.6. The number of hydrogen-bond acceptors (Lipinski definition) is 2. The van der Waals surface area contributed by atoms with Crippen LogP contribution in [0.25, 0.3) is 0 Å². The molecule has 0 saturated heterocycles. The smallest absolute Gasteiger partial charge is 0.169 e. The van der Waals surface area contributed by atoms with Crippen LogP contribution in [0.15, 0.2) is 5.11 Å². The van der Waals surface area contributed by atoms with Crippen molar-refractivity contribution in [2.45, 2.75) is 13.3 Å². The molecule has 0 radical (unpaired) electrons. The van der Waals surface area contributed by atoms with E-state index in [1.54, 1.807) is 0 Å². The molecule has 0 bridgehead atoms. The molecule has 0 amide bonds. The molecule has 0 aromatic carbocycles. The lowest BCUT2D eigenvalue weighted by atomic mass is 10.4. The molecule has 0 saturated carbocycles. The molecule has 3 nitrogen and oxygen atoms in total. The van der Waals surface area contributed by atoms with Crippen molar-refractivity contribution in [1.29, 1.82) is 0 Å². The summed E-state index contributed by atoms with van der Waals surface area (Å²) in [7, 11) is 6.22. The van der Waals surface area contributed by atoms with E-state index in [2.05, 4.69) is 31.0 Å². The fourth-order valence-electron chi connectivity index (χ4n) is 0.928. The molecular weight excluding hydrogens is 138 g/mol. The van der Waals surface area contributed by atoms with Crippen molar-refractivity contribution < 1.29 is 4.70 Å². The summed E-state index contributed by atoms with van der Waals surface area (Å²) in [6.07, 6.45) is 1.19. The summed E-state index contributed by atoms with van der Waals surface area (Å²) in [4.78, 5) is 2.19. The lowest BCUT2D eigenvalue weighted by molar-refractivity contribution is -0.567. The van der Waals surface area contributed by atoms with Gasteiger partial charge in [0.15, 0.2) is 13.6 Å².